The van der Waals surface area contributed by atoms with Crippen molar-refractivity contribution in [1.82, 2.24) is 4.98 Å². The van der Waals surface area contributed by atoms with E-state index in [-0.39, 0.29) is 15.9 Å². The number of hydrogen-bond acceptors (Lipinski definition) is 1. The molecule has 1 nitrogen and oxygen atoms in total. The molecule has 0 spiro atoms. The second-order valence-corrected chi connectivity index (χ2v) is 4.34. The maximum atomic E-state index is 12.7. The topological polar surface area (TPSA) is 12.9 Å². The molecular formula is C10H4BrClF3N. The lowest BCUT2D eigenvalue weighted by Gasteiger charge is -2.11. The van der Waals surface area contributed by atoms with Crippen molar-refractivity contribution in [3.63, 3.8) is 0 Å². The second-order valence-electron chi connectivity index (χ2n) is 3.12. The van der Waals surface area contributed by atoms with Gasteiger partial charge in [0.05, 0.1) is 5.56 Å². The van der Waals surface area contributed by atoms with Crippen LogP contribution in [-0.2, 0) is 6.18 Å². The molecule has 0 aliphatic heterocycles. The summed E-state index contributed by atoms with van der Waals surface area (Å²) in [5.41, 5.74) is -0.784. The van der Waals surface area contributed by atoms with Crippen molar-refractivity contribution in [2.24, 2.45) is 0 Å². The van der Waals surface area contributed by atoms with Gasteiger partial charge in [-0.05, 0) is 11.5 Å². The van der Waals surface area contributed by atoms with Crippen LogP contribution in [0.1, 0.15) is 5.56 Å². The van der Waals surface area contributed by atoms with E-state index in [0.717, 1.165) is 6.20 Å². The summed E-state index contributed by atoms with van der Waals surface area (Å²) in [5, 5.41) is 0.372. The van der Waals surface area contributed by atoms with Crippen LogP contribution in [0.4, 0.5) is 13.2 Å². The fourth-order valence-electron chi connectivity index (χ4n) is 1.44. The van der Waals surface area contributed by atoms with E-state index in [1.807, 2.05) is 0 Å². The number of aromatic nitrogens is 1. The Morgan fingerprint density at radius 3 is 2.56 bits per heavy atom. The minimum Gasteiger partial charge on any atom is -0.243 e. The van der Waals surface area contributed by atoms with Crippen LogP contribution in [0.15, 0.2) is 28.9 Å². The highest BCUT2D eigenvalue weighted by molar-refractivity contribution is 9.10. The first-order valence-corrected chi connectivity index (χ1v) is 5.38. The number of pyridine rings is 1. The Bertz CT molecular complexity index is 545. The highest BCUT2D eigenvalue weighted by Crippen LogP contribution is 2.38. The fourth-order valence-corrected chi connectivity index (χ4v) is 2.36. The summed E-state index contributed by atoms with van der Waals surface area (Å²) < 4.78 is 38.5. The third-order valence-electron chi connectivity index (χ3n) is 2.12. The Hall–Kier alpha value is -0.810. The smallest absolute Gasteiger partial charge is 0.243 e. The minimum absolute atomic E-state index is 0.0434. The molecule has 1 aromatic carbocycles. The zero-order chi connectivity index (χ0) is 11.9. The lowest BCUT2D eigenvalue weighted by atomic mass is 10.1. The predicted molar refractivity (Wildman–Crippen MR) is 59.5 cm³/mol. The van der Waals surface area contributed by atoms with Crippen molar-refractivity contribution in [3.8, 4) is 0 Å². The van der Waals surface area contributed by atoms with Crippen LogP contribution in [0.3, 0.4) is 0 Å². The lowest BCUT2D eigenvalue weighted by molar-refractivity contribution is -0.136. The Kier molecular flexibility index (Phi) is 2.84. The summed E-state index contributed by atoms with van der Waals surface area (Å²) in [6.45, 7) is 0. The molecule has 0 N–H and O–H groups in total. The van der Waals surface area contributed by atoms with Gasteiger partial charge in [0.1, 0.15) is 5.15 Å². The van der Waals surface area contributed by atoms with E-state index in [2.05, 4.69) is 20.9 Å². The molecule has 0 bridgehead atoms. The zero-order valence-electron chi connectivity index (χ0n) is 7.65. The first kappa shape index (κ1) is 11.7. The van der Waals surface area contributed by atoms with Crippen molar-refractivity contribution < 1.29 is 13.2 Å². The Labute approximate surface area is 102 Å². The molecule has 2 aromatic rings. The van der Waals surface area contributed by atoms with E-state index in [1.54, 1.807) is 6.07 Å². The molecule has 0 saturated carbocycles. The average Bonchev–Trinajstić information content (AvgIpc) is 2.16. The van der Waals surface area contributed by atoms with Crippen LogP contribution in [0.5, 0.6) is 0 Å². The van der Waals surface area contributed by atoms with Crippen molar-refractivity contribution in [3.05, 3.63) is 39.6 Å². The summed E-state index contributed by atoms with van der Waals surface area (Å²) in [4.78, 5) is 3.55. The number of fused-ring (bicyclic) bond motifs is 1. The maximum absolute atomic E-state index is 12.7. The minimum atomic E-state index is -4.43. The molecule has 6 heteroatoms. The number of rotatable bonds is 0. The van der Waals surface area contributed by atoms with Gasteiger partial charge in [0.15, 0.2) is 0 Å². The number of hydrogen-bond donors (Lipinski definition) is 0. The molecule has 84 valence electrons. The van der Waals surface area contributed by atoms with Gasteiger partial charge in [0.2, 0.25) is 0 Å². The van der Waals surface area contributed by atoms with E-state index in [9.17, 15) is 13.2 Å². The first-order valence-electron chi connectivity index (χ1n) is 4.21. The van der Waals surface area contributed by atoms with Crippen LogP contribution in [0.25, 0.3) is 10.8 Å². The number of halogens is 5. The summed E-state index contributed by atoms with van der Waals surface area (Å²) >= 11 is 8.93. The van der Waals surface area contributed by atoms with E-state index >= 15 is 0 Å². The van der Waals surface area contributed by atoms with Gasteiger partial charge < -0.3 is 0 Å². The van der Waals surface area contributed by atoms with Gasteiger partial charge in [-0.25, -0.2) is 4.98 Å². The monoisotopic (exact) mass is 309 g/mol. The molecule has 16 heavy (non-hydrogen) atoms. The SMILES string of the molecule is FC(F)(F)c1cnc(Cl)c2c(Br)cccc12. The molecule has 0 saturated heterocycles. The van der Waals surface area contributed by atoms with Crippen LogP contribution in [-0.4, -0.2) is 4.98 Å². The summed E-state index contributed by atoms with van der Waals surface area (Å²) in [6, 6.07) is 4.52. The van der Waals surface area contributed by atoms with Crippen molar-refractivity contribution >= 4 is 38.3 Å². The largest absolute Gasteiger partial charge is 0.418 e. The summed E-state index contributed by atoms with van der Waals surface area (Å²) in [5.74, 6) is 0. The van der Waals surface area contributed by atoms with E-state index in [1.165, 1.54) is 12.1 Å². The Morgan fingerprint density at radius 1 is 1.25 bits per heavy atom. The van der Waals surface area contributed by atoms with Crippen LogP contribution < -0.4 is 0 Å². The van der Waals surface area contributed by atoms with Gasteiger partial charge in [-0.15, -0.1) is 0 Å². The Morgan fingerprint density at radius 2 is 1.94 bits per heavy atom. The van der Waals surface area contributed by atoms with Gasteiger partial charge in [-0.2, -0.15) is 13.2 Å². The normalized spacial score (nSPS) is 12.1. The number of nitrogens with zero attached hydrogens (tertiary/aromatic N) is 1. The van der Waals surface area contributed by atoms with Crippen molar-refractivity contribution in [2.75, 3.05) is 0 Å². The van der Waals surface area contributed by atoms with Gasteiger partial charge in [0.25, 0.3) is 0 Å². The lowest BCUT2D eigenvalue weighted by Crippen LogP contribution is -2.06. The van der Waals surface area contributed by atoms with E-state index in [4.69, 9.17) is 11.6 Å². The average molecular weight is 311 g/mol. The first-order chi connectivity index (χ1) is 7.41. The summed E-state index contributed by atoms with van der Waals surface area (Å²) in [6.07, 6.45) is -3.69. The van der Waals surface area contributed by atoms with Gasteiger partial charge in [0, 0.05) is 16.1 Å². The van der Waals surface area contributed by atoms with Gasteiger partial charge in [-0.3, -0.25) is 0 Å². The number of alkyl halides is 3. The molecule has 0 atom stereocenters. The quantitative estimate of drug-likeness (QED) is 0.644. The van der Waals surface area contributed by atoms with Gasteiger partial charge in [-0.1, -0.05) is 39.7 Å². The van der Waals surface area contributed by atoms with Crippen molar-refractivity contribution in [2.45, 2.75) is 6.18 Å². The van der Waals surface area contributed by atoms with Crippen molar-refractivity contribution in [1.29, 1.82) is 0 Å². The highest BCUT2D eigenvalue weighted by Gasteiger charge is 2.33. The molecule has 0 fully saturated rings. The third kappa shape index (κ3) is 1.89. The van der Waals surface area contributed by atoms with E-state index < -0.39 is 11.7 Å². The fraction of sp³-hybridized carbons (Fsp3) is 0.100. The molecule has 0 aliphatic rings. The predicted octanol–water partition coefficient (Wildman–Crippen LogP) is 4.67. The zero-order valence-corrected chi connectivity index (χ0v) is 9.99. The van der Waals surface area contributed by atoms with Crippen LogP contribution in [0, 0.1) is 0 Å². The molecule has 0 radical (unpaired) electrons. The maximum Gasteiger partial charge on any atom is 0.418 e. The molecule has 1 heterocycles. The summed E-state index contributed by atoms with van der Waals surface area (Å²) in [7, 11) is 0. The second kappa shape index (κ2) is 3.89. The van der Waals surface area contributed by atoms with Gasteiger partial charge >= 0.3 is 6.18 Å². The molecule has 0 unspecified atom stereocenters. The molecular weight excluding hydrogens is 306 g/mol. The molecule has 2 rings (SSSR count). The molecule has 1 aromatic heterocycles. The van der Waals surface area contributed by atoms with Crippen LogP contribution >= 0.6 is 27.5 Å². The molecule has 0 amide bonds. The van der Waals surface area contributed by atoms with E-state index in [0.29, 0.717) is 4.47 Å². The third-order valence-corrected chi connectivity index (χ3v) is 3.07. The molecule has 0 aliphatic carbocycles. The Balaban J connectivity index is 2.90. The van der Waals surface area contributed by atoms with Crippen LogP contribution in [0.2, 0.25) is 5.15 Å². The highest BCUT2D eigenvalue weighted by atomic mass is 79.9. The standard InChI is InChI=1S/C10H4BrClF3N/c11-7-3-1-2-5-6(10(13,14)15)4-16-9(12)8(5)7/h1-4H. The number of benzene rings is 1.